The number of carbonyl (C=O) groups is 1. The molecule has 21 heavy (non-hydrogen) atoms. The number of hydrogen-bond acceptors (Lipinski definition) is 3. The number of amides is 2. The molecule has 2 N–H and O–H groups in total. The van der Waals surface area contributed by atoms with Crippen molar-refractivity contribution in [1.29, 1.82) is 0 Å². The Hall–Kier alpha value is -2.50. The van der Waals surface area contributed by atoms with Gasteiger partial charge in [-0.3, -0.25) is 4.68 Å². The van der Waals surface area contributed by atoms with Crippen molar-refractivity contribution in [2.45, 2.75) is 19.4 Å². The Bertz CT molecular complexity index is 665. The molecule has 1 aromatic heterocycles. The number of carbonyl (C=O) groups excluding carboxylic acids is 1. The average Bonchev–Trinajstić information content (AvgIpc) is 2.76. The van der Waals surface area contributed by atoms with Crippen LogP contribution in [0.4, 0.5) is 10.5 Å². The lowest BCUT2D eigenvalue weighted by molar-refractivity contribution is 0.222. The molecule has 6 nitrogen and oxygen atoms in total. The second-order valence-electron chi connectivity index (χ2n) is 5.22. The molecule has 3 rings (SSSR count). The van der Waals surface area contributed by atoms with Gasteiger partial charge in [0.05, 0.1) is 17.4 Å². The minimum atomic E-state index is -0.237. The summed E-state index contributed by atoms with van der Waals surface area (Å²) in [5.41, 5.74) is 2.62. The van der Waals surface area contributed by atoms with Crippen molar-refractivity contribution in [2.75, 3.05) is 11.9 Å². The van der Waals surface area contributed by atoms with Crippen LogP contribution in [0.25, 0.3) is 0 Å². The van der Waals surface area contributed by atoms with Gasteiger partial charge in [0.25, 0.3) is 0 Å². The van der Waals surface area contributed by atoms with Gasteiger partial charge >= 0.3 is 6.03 Å². The first-order valence-corrected chi connectivity index (χ1v) is 6.90. The van der Waals surface area contributed by atoms with Crippen LogP contribution in [0.3, 0.4) is 0 Å². The minimum absolute atomic E-state index is 0.0307. The molecular formula is C15H18N4O2. The fourth-order valence-electron chi connectivity index (χ4n) is 2.49. The van der Waals surface area contributed by atoms with Gasteiger partial charge in [0.2, 0.25) is 0 Å². The summed E-state index contributed by atoms with van der Waals surface area (Å²) in [4.78, 5) is 12.0. The van der Waals surface area contributed by atoms with Crippen molar-refractivity contribution in [1.82, 2.24) is 15.1 Å². The fraction of sp³-hybridized carbons (Fsp3) is 0.333. The number of nitrogens with one attached hydrogen (secondary N) is 2. The summed E-state index contributed by atoms with van der Waals surface area (Å²) in [6.07, 6.45) is 2.55. The topological polar surface area (TPSA) is 68.2 Å². The number of rotatable bonds is 2. The number of anilines is 1. The number of fused-ring (bicyclic) bond motifs is 1. The number of urea groups is 1. The molecule has 2 aromatic rings. The molecule has 2 heterocycles. The van der Waals surface area contributed by atoms with E-state index in [-0.39, 0.29) is 12.1 Å². The summed E-state index contributed by atoms with van der Waals surface area (Å²) in [5, 5.41) is 9.94. The van der Waals surface area contributed by atoms with Crippen LogP contribution in [0.5, 0.6) is 5.75 Å². The first-order chi connectivity index (χ1) is 10.1. The number of para-hydroxylation sites is 1. The second-order valence-corrected chi connectivity index (χ2v) is 5.22. The average molecular weight is 286 g/mol. The molecule has 0 radical (unpaired) electrons. The van der Waals surface area contributed by atoms with Gasteiger partial charge in [-0.05, 0) is 25.0 Å². The van der Waals surface area contributed by atoms with Crippen LogP contribution in [0, 0.1) is 6.92 Å². The van der Waals surface area contributed by atoms with Crippen molar-refractivity contribution in [3.63, 3.8) is 0 Å². The maximum absolute atomic E-state index is 12.0. The highest BCUT2D eigenvalue weighted by atomic mass is 16.5. The van der Waals surface area contributed by atoms with Gasteiger partial charge in [0.15, 0.2) is 0 Å². The van der Waals surface area contributed by atoms with Crippen molar-refractivity contribution < 1.29 is 9.53 Å². The van der Waals surface area contributed by atoms with Gasteiger partial charge in [0.1, 0.15) is 12.4 Å². The standard InChI is InChI=1S/C15H18N4O2/c1-10-13(8-19(2)18-10)17-15(20)16-12-7-11-5-3-4-6-14(11)21-9-12/h3-6,8,12H,7,9H2,1-2H3,(H2,16,17,20)/t12-/m0/s1. The minimum Gasteiger partial charge on any atom is -0.491 e. The van der Waals surface area contributed by atoms with Gasteiger partial charge in [-0.15, -0.1) is 0 Å². The van der Waals surface area contributed by atoms with Crippen LogP contribution >= 0.6 is 0 Å². The summed E-state index contributed by atoms with van der Waals surface area (Å²) in [5.74, 6) is 0.902. The predicted octanol–water partition coefficient (Wildman–Crippen LogP) is 1.85. The number of aryl methyl sites for hydroxylation is 2. The highest BCUT2D eigenvalue weighted by Gasteiger charge is 2.21. The van der Waals surface area contributed by atoms with Crippen LogP contribution in [0.1, 0.15) is 11.3 Å². The van der Waals surface area contributed by atoms with E-state index < -0.39 is 0 Å². The van der Waals surface area contributed by atoms with E-state index in [0.717, 1.165) is 23.4 Å². The Labute approximate surface area is 123 Å². The molecule has 2 amide bonds. The van der Waals surface area contributed by atoms with E-state index in [1.807, 2.05) is 38.2 Å². The van der Waals surface area contributed by atoms with Gasteiger partial charge in [-0.1, -0.05) is 18.2 Å². The van der Waals surface area contributed by atoms with Crippen LogP contribution in [0.2, 0.25) is 0 Å². The molecule has 1 aliphatic rings. The Morgan fingerprint density at radius 2 is 2.24 bits per heavy atom. The lowest BCUT2D eigenvalue weighted by Crippen LogP contribution is -2.44. The molecule has 1 atom stereocenters. The molecule has 0 bridgehead atoms. The molecular weight excluding hydrogens is 268 g/mol. The number of nitrogens with zero attached hydrogens (tertiary/aromatic N) is 2. The van der Waals surface area contributed by atoms with Crippen molar-refractivity contribution in [3.05, 3.63) is 41.7 Å². The first kappa shape index (κ1) is 13.5. The number of hydrogen-bond donors (Lipinski definition) is 2. The normalized spacial score (nSPS) is 16.8. The third-order valence-electron chi connectivity index (χ3n) is 3.48. The van der Waals surface area contributed by atoms with E-state index in [0.29, 0.717) is 12.3 Å². The zero-order valence-electron chi connectivity index (χ0n) is 12.1. The highest BCUT2D eigenvalue weighted by molar-refractivity contribution is 5.89. The van der Waals surface area contributed by atoms with Gasteiger partial charge < -0.3 is 15.4 Å². The van der Waals surface area contributed by atoms with Crippen LogP contribution < -0.4 is 15.4 Å². The largest absolute Gasteiger partial charge is 0.491 e. The molecule has 110 valence electrons. The highest BCUT2D eigenvalue weighted by Crippen LogP contribution is 2.23. The van der Waals surface area contributed by atoms with Gasteiger partial charge in [-0.25, -0.2) is 4.79 Å². The van der Waals surface area contributed by atoms with Gasteiger partial charge in [0, 0.05) is 13.2 Å². The van der Waals surface area contributed by atoms with Crippen molar-refractivity contribution in [2.24, 2.45) is 7.05 Å². The fourth-order valence-corrected chi connectivity index (χ4v) is 2.49. The summed E-state index contributed by atoms with van der Waals surface area (Å²) in [7, 11) is 1.82. The Kier molecular flexibility index (Phi) is 3.51. The van der Waals surface area contributed by atoms with E-state index in [2.05, 4.69) is 15.7 Å². The van der Waals surface area contributed by atoms with Crippen molar-refractivity contribution in [3.8, 4) is 5.75 Å². The maximum atomic E-state index is 12.0. The molecule has 0 spiro atoms. The molecule has 6 heteroatoms. The quantitative estimate of drug-likeness (QED) is 0.885. The number of benzene rings is 1. The van der Waals surface area contributed by atoms with Crippen LogP contribution in [-0.4, -0.2) is 28.5 Å². The summed E-state index contributed by atoms with van der Waals surface area (Å²) in [6.45, 7) is 2.34. The van der Waals surface area contributed by atoms with E-state index in [1.54, 1.807) is 10.9 Å². The number of aromatic nitrogens is 2. The molecule has 0 aliphatic carbocycles. The molecule has 0 saturated heterocycles. The summed E-state index contributed by atoms with van der Waals surface area (Å²) in [6, 6.07) is 7.63. The molecule has 1 aromatic carbocycles. The van der Waals surface area contributed by atoms with E-state index in [4.69, 9.17) is 4.74 Å². The molecule has 0 saturated carbocycles. The SMILES string of the molecule is Cc1nn(C)cc1NC(=O)N[C@@H]1COc2ccccc2C1. The zero-order valence-corrected chi connectivity index (χ0v) is 12.1. The van der Waals surface area contributed by atoms with E-state index in [9.17, 15) is 4.79 Å². The third-order valence-corrected chi connectivity index (χ3v) is 3.48. The molecule has 0 unspecified atom stereocenters. The van der Waals surface area contributed by atoms with E-state index in [1.165, 1.54) is 0 Å². The number of ether oxygens (including phenoxy) is 1. The predicted molar refractivity (Wildman–Crippen MR) is 79.5 cm³/mol. The summed E-state index contributed by atoms with van der Waals surface area (Å²) < 4.78 is 7.33. The van der Waals surface area contributed by atoms with Crippen LogP contribution in [-0.2, 0) is 13.5 Å². The van der Waals surface area contributed by atoms with Crippen LogP contribution in [0.15, 0.2) is 30.5 Å². The second kappa shape index (κ2) is 5.47. The Balaban J connectivity index is 1.60. The van der Waals surface area contributed by atoms with Crippen molar-refractivity contribution >= 4 is 11.7 Å². The first-order valence-electron chi connectivity index (χ1n) is 6.90. The third kappa shape index (κ3) is 2.99. The Morgan fingerprint density at radius 3 is 3.00 bits per heavy atom. The smallest absolute Gasteiger partial charge is 0.319 e. The summed E-state index contributed by atoms with van der Waals surface area (Å²) >= 11 is 0. The monoisotopic (exact) mass is 286 g/mol. The lowest BCUT2D eigenvalue weighted by atomic mass is 10.0. The lowest BCUT2D eigenvalue weighted by Gasteiger charge is -2.26. The van der Waals surface area contributed by atoms with E-state index >= 15 is 0 Å². The van der Waals surface area contributed by atoms with Gasteiger partial charge in [-0.2, -0.15) is 5.10 Å². The maximum Gasteiger partial charge on any atom is 0.319 e. The molecule has 0 fully saturated rings. The molecule has 1 aliphatic heterocycles. The zero-order chi connectivity index (χ0) is 14.8. The Morgan fingerprint density at radius 1 is 1.43 bits per heavy atom.